The van der Waals surface area contributed by atoms with Crippen LogP contribution in [0, 0.1) is 5.82 Å². The number of halogens is 1. The standard InChI is InChI=1S/C20H22FNO2S/c1-4-20(5-2,14-9-11-15(21)12-10-14)17-13-22-19-16(17)7-6-8-18(19)25(3,23)24/h6-13,22H,4-5H2,1-3H3. The Morgan fingerprint density at radius 1 is 1.04 bits per heavy atom. The van der Waals surface area contributed by atoms with Crippen LogP contribution in [0.15, 0.2) is 53.6 Å². The summed E-state index contributed by atoms with van der Waals surface area (Å²) in [5.41, 5.74) is 2.41. The Balaban J connectivity index is 2.30. The summed E-state index contributed by atoms with van der Waals surface area (Å²) in [6, 6.07) is 11.9. The molecule has 1 aromatic heterocycles. The predicted octanol–water partition coefficient (Wildman–Crippen LogP) is 4.82. The fourth-order valence-electron chi connectivity index (χ4n) is 3.80. The Morgan fingerprint density at radius 2 is 1.68 bits per heavy atom. The molecule has 0 fully saturated rings. The van der Waals surface area contributed by atoms with E-state index in [9.17, 15) is 12.8 Å². The molecule has 25 heavy (non-hydrogen) atoms. The first-order valence-corrected chi connectivity index (χ1v) is 10.3. The number of rotatable bonds is 5. The molecule has 3 aromatic rings. The lowest BCUT2D eigenvalue weighted by molar-refractivity contribution is 0.481. The van der Waals surface area contributed by atoms with Crippen molar-refractivity contribution in [2.24, 2.45) is 0 Å². The Hall–Kier alpha value is -2.14. The molecule has 132 valence electrons. The highest BCUT2D eigenvalue weighted by molar-refractivity contribution is 7.91. The summed E-state index contributed by atoms with van der Waals surface area (Å²) in [5, 5.41) is 0.899. The molecule has 0 aliphatic carbocycles. The van der Waals surface area contributed by atoms with Crippen LogP contribution in [0.2, 0.25) is 0 Å². The van der Waals surface area contributed by atoms with Crippen molar-refractivity contribution in [1.82, 2.24) is 4.98 Å². The van der Waals surface area contributed by atoms with Gasteiger partial charge in [-0.05, 0) is 42.2 Å². The Kier molecular flexibility index (Phi) is 4.45. The molecular formula is C20H22FNO2S. The number of nitrogens with one attached hydrogen (secondary N) is 1. The van der Waals surface area contributed by atoms with Crippen molar-refractivity contribution < 1.29 is 12.8 Å². The molecule has 2 aromatic carbocycles. The Bertz CT molecular complexity index is 1000. The van der Waals surface area contributed by atoms with E-state index in [1.165, 1.54) is 18.4 Å². The summed E-state index contributed by atoms with van der Waals surface area (Å²) in [4.78, 5) is 3.47. The van der Waals surface area contributed by atoms with Crippen molar-refractivity contribution in [3.8, 4) is 0 Å². The maximum Gasteiger partial charge on any atom is 0.177 e. The summed E-state index contributed by atoms with van der Waals surface area (Å²) in [5.74, 6) is -0.261. The van der Waals surface area contributed by atoms with Gasteiger partial charge in [-0.15, -0.1) is 0 Å². The summed E-state index contributed by atoms with van der Waals surface area (Å²) in [6.45, 7) is 4.21. The van der Waals surface area contributed by atoms with Gasteiger partial charge in [0.2, 0.25) is 0 Å². The van der Waals surface area contributed by atoms with Crippen molar-refractivity contribution in [2.45, 2.75) is 37.0 Å². The molecule has 1 heterocycles. The van der Waals surface area contributed by atoms with Gasteiger partial charge in [-0.25, -0.2) is 12.8 Å². The number of benzene rings is 2. The normalized spacial score (nSPS) is 12.6. The van der Waals surface area contributed by atoms with Crippen molar-refractivity contribution in [3.63, 3.8) is 0 Å². The predicted molar refractivity (Wildman–Crippen MR) is 99.2 cm³/mol. The number of hydrogen-bond donors (Lipinski definition) is 1. The fraction of sp³-hybridized carbons (Fsp3) is 0.300. The molecule has 0 bridgehead atoms. The first kappa shape index (κ1) is 17.7. The van der Waals surface area contributed by atoms with E-state index in [-0.39, 0.29) is 11.2 Å². The summed E-state index contributed by atoms with van der Waals surface area (Å²) in [7, 11) is -3.33. The van der Waals surface area contributed by atoms with Crippen molar-refractivity contribution >= 4 is 20.7 Å². The number of aromatic amines is 1. The minimum atomic E-state index is -3.33. The van der Waals surface area contributed by atoms with Crippen LogP contribution in [0.3, 0.4) is 0 Å². The van der Waals surface area contributed by atoms with Gasteiger partial charge in [-0.2, -0.15) is 0 Å². The van der Waals surface area contributed by atoms with Crippen LogP contribution in [0.4, 0.5) is 4.39 Å². The molecule has 0 unspecified atom stereocenters. The molecule has 0 amide bonds. The third kappa shape index (κ3) is 2.86. The topological polar surface area (TPSA) is 49.9 Å². The van der Waals surface area contributed by atoms with Gasteiger partial charge in [-0.3, -0.25) is 0 Å². The second-order valence-corrected chi connectivity index (χ2v) is 8.43. The van der Waals surface area contributed by atoms with Crippen LogP contribution in [0.1, 0.15) is 37.8 Å². The van der Waals surface area contributed by atoms with E-state index >= 15 is 0 Å². The van der Waals surface area contributed by atoms with Gasteiger partial charge in [0.05, 0.1) is 10.4 Å². The summed E-state index contributed by atoms with van der Waals surface area (Å²) >= 11 is 0. The number of para-hydroxylation sites is 1. The number of fused-ring (bicyclic) bond motifs is 1. The van der Waals surface area contributed by atoms with E-state index in [0.717, 1.165) is 29.4 Å². The van der Waals surface area contributed by atoms with Gasteiger partial charge in [0.1, 0.15) is 5.82 Å². The Labute approximate surface area is 147 Å². The van der Waals surface area contributed by atoms with Crippen LogP contribution in [-0.4, -0.2) is 19.7 Å². The number of aromatic nitrogens is 1. The van der Waals surface area contributed by atoms with E-state index in [0.29, 0.717) is 10.4 Å². The quantitative estimate of drug-likeness (QED) is 0.710. The van der Waals surface area contributed by atoms with Gasteiger partial charge in [0.25, 0.3) is 0 Å². The molecule has 3 rings (SSSR count). The molecule has 0 aliphatic heterocycles. The molecule has 0 atom stereocenters. The minimum Gasteiger partial charge on any atom is -0.360 e. The molecule has 5 heteroatoms. The van der Waals surface area contributed by atoms with E-state index < -0.39 is 9.84 Å². The van der Waals surface area contributed by atoms with Gasteiger partial charge in [-0.1, -0.05) is 38.1 Å². The van der Waals surface area contributed by atoms with Crippen LogP contribution in [0.25, 0.3) is 10.9 Å². The van der Waals surface area contributed by atoms with Gasteiger partial charge >= 0.3 is 0 Å². The minimum absolute atomic E-state index is 0.261. The maximum atomic E-state index is 13.4. The first-order valence-electron chi connectivity index (χ1n) is 8.40. The average Bonchev–Trinajstić information content (AvgIpc) is 3.02. The molecule has 0 aliphatic rings. The molecule has 0 saturated carbocycles. The van der Waals surface area contributed by atoms with Gasteiger partial charge in [0, 0.05) is 23.3 Å². The van der Waals surface area contributed by atoms with Crippen molar-refractivity contribution in [2.75, 3.05) is 6.26 Å². The van der Waals surface area contributed by atoms with Crippen LogP contribution in [-0.2, 0) is 15.3 Å². The van der Waals surface area contributed by atoms with Gasteiger partial charge in [0.15, 0.2) is 9.84 Å². The molecule has 0 saturated heterocycles. The molecule has 0 spiro atoms. The van der Waals surface area contributed by atoms with E-state index in [1.54, 1.807) is 12.1 Å². The zero-order chi connectivity index (χ0) is 18.2. The van der Waals surface area contributed by atoms with E-state index in [1.807, 2.05) is 24.4 Å². The van der Waals surface area contributed by atoms with Crippen molar-refractivity contribution in [1.29, 1.82) is 0 Å². The molecular weight excluding hydrogens is 337 g/mol. The number of hydrogen-bond acceptors (Lipinski definition) is 2. The number of sulfone groups is 1. The average molecular weight is 359 g/mol. The third-order valence-electron chi connectivity index (χ3n) is 5.20. The maximum absolute atomic E-state index is 13.4. The largest absolute Gasteiger partial charge is 0.360 e. The van der Waals surface area contributed by atoms with Gasteiger partial charge < -0.3 is 4.98 Å². The smallest absolute Gasteiger partial charge is 0.177 e. The SMILES string of the molecule is CCC(CC)(c1ccc(F)cc1)c1c[nH]c2c(S(C)(=O)=O)cccc12. The van der Waals surface area contributed by atoms with Crippen molar-refractivity contribution in [3.05, 3.63) is 65.6 Å². The zero-order valence-corrected chi connectivity index (χ0v) is 15.5. The fourth-order valence-corrected chi connectivity index (χ4v) is 4.66. The van der Waals surface area contributed by atoms with Crippen LogP contribution >= 0.6 is 0 Å². The molecule has 3 nitrogen and oxygen atoms in total. The van der Waals surface area contributed by atoms with Crippen LogP contribution in [0.5, 0.6) is 0 Å². The lowest BCUT2D eigenvalue weighted by Gasteiger charge is -2.32. The number of H-pyrrole nitrogens is 1. The third-order valence-corrected chi connectivity index (χ3v) is 6.34. The highest BCUT2D eigenvalue weighted by Crippen LogP contribution is 2.42. The van der Waals surface area contributed by atoms with Crippen LogP contribution < -0.4 is 0 Å². The second kappa shape index (κ2) is 6.30. The van der Waals surface area contributed by atoms with E-state index in [2.05, 4.69) is 18.8 Å². The lowest BCUT2D eigenvalue weighted by Crippen LogP contribution is -2.25. The summed E-state index contributed by atoms with van der Waals surface area (Å²) < 4.78 is 37.6. The molecule has 0 radical (unpaired) electrons. The second-order valence-electron chi connectivity index (χ2n) is 6.45. The Morgan fingerprint density at radius 3 is 2.24 bits per heavy atom. The lowest BCUT2D eigenvalue weighted by atomic mass is 9.70. The first-order chi connectivity index (χ1) is 11.8. The highest BCUT2D eigenvalue weighted by Gasteiger charge is 2.33. The monoisotopic (exact) mass is 359 g/mol. The zero-order valence-electron chi connectivity index (χ0n) is 14.6. The summed E-state index contributed by atoms with van der Waals surface area (Å²) in [6.07, 6.45) is 4.77. The highest BCUT2D eigenvalue weighted by atomic mass is 32.2. The molecule has 1 N–H and O–H groups in total. The van der Waals surface area contributed by atoms with E-state index in [4.69, 9.17) is 0 Å².